The number of carbonyl (C=O) groups excluding carboxylic acids is 1. The second-order valence-electron chi connectivity index (χ2n) is 6.32. The van der Waals surface area contributed by atoms with Gasteiger partial charge in [-0.15, -0.1) is 0 Å². The Morgan fingerprint density at radius 2 is 2.00 bits per heavy atom. The molecule has 3 aromatic rings. The Bertz CT molecular complexity index is 971. The van der Waals surface area contributed by atoms with E-state index in [4.69, 9.17) is 16.1 Å². The average Bonchev–Trinajstić information content (AvgIpc) is 3.25. The lowest BCUT2D eigenvalue weighted by atomic mass is 10.1. The minimum absolute atomic E-state index is 0.149. The first-order valence-corrected chi connectivity index (χ1v) is 8.55. The van der Waals surface area contributed by atoms with Crippen LogP contribution in [0.1, 0.15) is 23.7 Å². The minimum atomic E-state index is -0.443. The van der Waals surface area contributed by atoms with E-state index in [9.17, 15) is 9.18 Å². The minimum Gasteiger partial charge on any atom is -0.334 e. The van der Waals surface area contributed by atoms with Crippen LogP contribution in [0.2, 0.25) is 5.02 Å². The molecular weight excluding hydrogens is 357 g/mol. The van der Waals surface area contributed by atoms with Gasteiger partial charge in [0.05, 0.1) is 10.7 Å². The molecule has 7 heteroatoms. The third kappa shape index (κ3) is 3.08. The van der Waals surface area contributed by atoms with Crippen molar-refractivity contribution in [3.63, 3.8) is 0 Å². The van der Waals surface area contributed by atoms with Crippen molar-refractivity contribution in [1.82, 2.24) is 10.1 Å². The molecule has 132 valence electrons. The molecule has 0 spiro atoms. The summed E-state index contributed by atoms with van der Waals surface area (Å²) in [5.41, 5.74) is 2.32. The number of benzene rings is 2. The van der Waals surface area contributed by atoms with Crippen molar-refractivity contribution in [2.75, 3.05) is 11.4 Å². The van der Waals surface area contributed by atoms with Gasteiger partial charge in [-0.05, 0) is 37.3 Å². The maximum atomic E-state index is 13.5. The van der Waals surface area contributed by atoms with Crippen molar-refractivity contribution < 1.29 is 13.7 Å². The number of carbonyl (C=O) groups is 1. The van der Waals surface area contributed by atoms with Crippen LogP contribution in [-0.4, -0.2) is 22.6 Å². The lowest BCUT2D eigenvalue weighted by Gasteiger charge is -2.17. The van der Waals surface area contributed by atoms with E-state index in [1.54, 1.807) is 0 Å². The van der Waals surface area contributed by atoms with Crippen LogP contribution in [-0.2, 0) is 4.79 Å². The van der Waals surface area contributed by atoms with Gasteiger partial charge in [-0.1, -0.05) is 34.5 Å². The third-order valence-corrected chi connectivity index (χ3v) is 4.75. The maximum Gasteiger partial charge on any atom is 0.257 e. The smallest absolute Gasteiger partial charge is 0.257 e. The molecule has 0 radical (unpaired) electrons. The van der Waals surface area contributed by atoms with Gasteiger partial charge in [0.15, 0.2) is 5.82 Å². The zero-order valence-electron chi connectivity index (χ0n) is 13.9. The molecule has 1 aliphatic rings. The van der Waals surface area contributed by atoms with Gasteiger partial charge in [0.2, 0.25) is 5.91 Å². The Labute approximate surface area is 154 Å². The van der Waals surface area contributed by atoms with Gasteiger partial charge in [-0.3, -0.25) is 4.79 Å². The summed E-state index contributed by atoms with van der Waals surface area (Å²) < 4.78 is 18.9. The summed E-state index contributed by atoms with van der Waals surface area (Å²) >= 11 is 6.12. The molecule has 5 nitrogen and oxygen atoms in total. The van der Waals surface area contributed by atoms with E-state index >= 15 is 0 Å². The van der Waals surface area contributed by atoms with E-state index in [1.165, 1.54) is 23.1 Å². The van der Waals surface area contributed by atoms with Gasteiger partial charge >= 0.3 is 0 Å². The lowest BCUT2D eigenvalue weighted by molar-refractivity contribution is -0.117. The topological polar surface area (TPSA) is 59.2 Å². The molecule has 26 heavy (non-hydrogen) atoms. The molecule has 1 saturated heterocycles. The normalized spacial score (nSPS) is 17.1. The number of hydrogen-bond donors (Lipinski definition) is 0. The lowest BCUT2D eigenvalue weighted by Crippen LogP contribution is -2.24. The van der Waals surface area contributed by atoms with Crippen LogP contribution < -0.4 is 4.90 Å². The second kappa shape index (κ2) is 6.53. The van der Waals surface area contributed by atoms with Crippen molar-refractivity contribution in [3.8, 4) is 11.5 Å². The average molecular weight is 372 g/mol. The number of nitrogens with zero attached hydrogens (tertiary/aromatic N) is 3. The van der Waals surface area contributed by atoms with E-state index in [1.807, 2.05) is 31.2 Å². The SMILES string of the molecule is Cc1ccc(-c2nc(C3CC(=O)N(c4cc(F)ccc4Cl)C3)no2)cc1. The third-order valence-electron chi connectivity index (χ3n) is 4.43. The summed E-state index contributed by atoms with van der Waals surface area (Å²) in [6.45, 7) is 2.33. The van der Waals surface area contributed by atoms with Crippen LogP contribution in [0.3, 0.4) is 0 Å². The fourth-order valence-electron chi connectivity index (χ4n) is 3.02. The van der Waals surface area contributed by atoms with Crippen LogP contribution >= 0.6 is 11.6 Å². The highest BCUT2D eigenvalue weighted by Crippen LogP contribution is 2.35. The Morgan fingerprint density at radius 3 is 2.77 bits per heavy atom. The molecule has 2 aromatic carbocycles. The first-order valence-electron chi connectivity index (χ1n) is 8.17. The molecule has 1 fully saturated rings. The van der Waals surface area contributed by atoms with E-state index < -0.39 is 5.82 Å². The Balaban J connectivity index is 1.58. The van der Waals surface area contributed by atoms with Crippen molar-refractivity contribution in [2.45, 2.75) is 19.3 Å². The van der Waals surface area contributed by atoms with Gasteiger partial charge in [-0.25, -0.2) is 4.39 Å². The highest BCUT2D eigenvalue weighted by Gasteiger charge is 2.35. The van der Waals surface area contributed by atoms with Crippen molar-refractivity contribution >= 4 is 23.2 Å². The predicted octanol–water partition coefficient (Wildman–Crippen LogP) is 4.36. The summed E-state index contributed by atoms with van der Waals surface area (Å²) in [5, 5.41) is 4.36. The fourth-order valence-corrected chi connectivity index (χ4v) is 3.24. The molecule has 2 heterocycles. The first kappa shape index (κ1) is 16.7. The quantitative estimate of drug-likeness (QED) is 0.686. The predicted molar refractivity (Wildman–Crippen MR) is 95.6 cm³/mol. The highest BCUT2D eigenvalue weighted by molar-refractivity contribution is 6.33. The summed E-state index contributed by atoms with van der Waals surface area (Å²) in [6.07, 6.45) is 0.222. The van der Waals surface area contributed by atoms with Crippen molar-refractivity contribution in [2.24, 2.45) is 0 Å². The number of rotatable bonds is 3. The number of amides is 1. The van der Waals surface area contributed by atoms with E-state index in [0.29, 0.717) is 29.0 Å². The molecule has 0 aliphatic carbocycles. The van der Waals surface area contributed by atoms with Crippen LogP contribution in [0.4, 0.5) is 10.1 Å². The number of hydrogen-bond acceptors (Lipinski definition) is 4. The number of aryl methyl sites for hydroxylation is 1. The van der Waals surface area contributed by atoms with E-state index in [2.05, 4.69) is 10.1 Å². The summed E-state index contributed by atoms with van der Waals surface area (Å²) in [6, 6.07) is 11.7. The molecule has 1 atom stereocenters. The molecule has 0 saturated carbocycles. The summed E-state index contributed by atoms with van der Waals surface area (Å²) in [4.78, 5) is 18.3. The Kier molecular flexibility index (Phi) is 4.20. The summed E-state index contributed by atoms with van der Waals surface area (Å²) in [7, 11) is 0. The molecule has 0 bridgehead atoms. The zero-order chi connectivity index (χ0) is 18.3. The first-order chi connectivity index (χ1) is 12.5. The van der Waals surface area contributed by atoms with E-state index in [-0.39, 0.29) is 18.2 Å². The van der Waals surface area contributed by atoms with Crippen LogP contribution in [0.5, 0.6) is 0 Å². The van der Waals surface area contributed by atoms with Crippen LogP contribution in [0.15, 0.2) is 47.0 Å². The fraction of sp³-hybridized carbons (Fsp3) is 0.211. The Hall–Kier alpha value is -2.73. The van der Waals surface area contributed by atoms with E-state index in [0.717, 1.165) is 11.1 Å². The van der Waals surface area contributed by atoms with Gasteiger partial charge < -0.3 is 9.42 Å². The second-order valence-corrected chi connectivity index (χ2v) is 6.73. The Morgan fingerprint density at radius 1 is 1.23 bits per heavy atom. The molecular formula is C19H15ClFN3O2. The highest BCUT2D eigenvalue weighted by atomic mass is 35.5. The molecule has 4 rings (SSSR count). The monoisotopic (exact) mass is 371 g/mol. The number of halogens is 2. The molecule has 1 amide bonds. The zero-order valence-corrected chi connectivity index (χ0v) is 14.7. The standard InChI is InChI=1S/C19H15ClFN3O2/c1-11-2-4-12(5-3-11)19-22-18(23-26-19)13-8-17(25)24(10-13)16-9-14(21)6-7-15(16)20/h2-7,9,13H,8,10H2,1H3. The van der Waals surface area contributed by atoms with Crippen LogP contribution in [0.25, 0.3) is 11.5 Å². The molecule has 1 aromatic heterocycles. The number of anilines is 1. The van der Waals surface area contributed by atoms with Crippen molar-refractivity contribution in [1.29, 1.82) is 0 Å². The largest absolute Gasteiger partial charge is 0.334 e. The van der Waals surface area contributed by atoms with Gasteiger partial charge in [0.25, 0.3) is 5.89 Å². The molecule has 1 unspecified atom stereocenters. The van der Waals surface area contributed by atoms with Crippen molar-refractivity contribution in [3.05, 3.63) is 64.7 Å². The molecule has 0 N–H and O–H groups in total. The number of aromatic nitrogens is 2. The molecule has 1 aliphatic heterocycles. The van der Waals surface area contributed by atoms with Gasteiger partial charge in [0.1, 0.15) is 5.82 Å². The van der Waals surface area contributed by atoms with Gasteiger partial charge in [-0.2, -0.15) is 4.98 Å². The van der Waals surface area contributed by atoms with Gasteiger partial charge in [0, 0.05) is 24.4 Å². The summed E-state index contributed by atoms with van der Waals surface area (Å²) in [5.74, 6) is 0.0504. The van der Waals surface area contributed by atoms with Crippen LogP contribution in [0, 0.1) is 12.7 Å². The maximum absolute atomic E-state index is 13.5.